The SMILES string of the molecule is Cc1c([C@H](C)NC(=O)C2(C(=O)O)CC2)oc2ccccc12. The first-order valence-electron chi connectivity index (χ1n) is 6.98. The normalized spacial score (nSPS) is 17.4. The maximum absolute atomic E-state index is 12.1. The summed E-state index contributed by atoms with van der Waals surface area (Å²) >= 11 is 0. The van der Waals surface area contributed by atoms with Gasteiger partial charge in [-0.3, -0.25) is 9.59 Å². The van der Waals surface area contributed by atoms with Crippen LogP contribution in [0.15, 0.2) is 28.7 Å². The lowest BCUT2D eigenvalue weighted by molar-refractivity contribution is -0.149. The van der Waals surface area contributed by atoms with E-state index in [2.05, 4.69) is 5.32 Å². The number of benzene rings is 1. The first-order chi connectivity index (χ1) is 9.95. The lowest BCUT2D eigenvalue weighted by atomic mass is 10.0. The third kappa shape index (κ3) is 2.09. The highest BCUT2D eigenvalue weighted by atomic mass is 16.4. The van der Waals surface area contributed by atoms with E-state index in [1.807, 2.05) is 31.2 Å². The van der Waals surface area contributed by atoms with Gasteiger partial charge in [0.25, 0.3) is 0 Å². The number of amides is 1. The van der Waals surface area contributed by atoms with Crippen LogP contribution in [0.4, 0.5) is 0 Å². The lowest BCUT2D eigenvalue weighted by Gasteiger charge is -2.16. The molecule has 0 saturated heterocycles. The van der Waals surface area contributed by atoms with Gasteiger partial charge in [0.05, 0.1) is 6.04 Å². The summed E-state index contributed by atoms with van der Waals surface area (Å²) in [7, 11) is 0. The van der Waals surface area contributed by atoms with Gasteiger partial charge in [0.15, 0.2) is 0 Å². The van der Waals surface area contributed by atoms with Gasteiger partial charge in [-0.1, -0.05) is 18.2 Å². The summed E-state index contributed by atoms with van der Waals surface area (Å²) in [4.78, 5) is 23.3. The number of aliphatic carboxylic acids is 1. The minimum absolute atomic E-state index is 0.360. The number of hydrogen-bond donors (Lipinski definition) is 2. The molecular formula is C16H17NO4. The van der Waals surface area contributed by atoms with Crippen LogP contribution in [0.1, 0.15) is 37.1 Å². The van der Waals surface area contributed by atoms with Gasteiger partial charge < -0.3 is 14.8 Å². The van der Waals surface area contributed by atoms with E-state index in [0.29, 0.717) is 18.6 Å². The first kappa shape index (κ1) is 13.7. The fourth-order valence-electron chi connectivity index (χ4n) is 2.67. The molecule has 0 spiro atoms. The van der Waals surface area contributed by atoms with Crippen LogP contribution in [0.2, 0.25) is 0 Å². The molecule has 21 heavy (non-hydrogen) atoms. The number of carboxylic acids is 1. The van der Waals surface area contributed by atoms with Crippen LogP contribution in [-0.2, 0) is 9.59 Å². The molecule has 1 saturated carbocycles. The zero-order valence-electron chi connectivity index (χ0n) is 12.0. The van der Waals surface area contributed by atoms with Crippen molar-refractivity contribution in [3.63, 3.8) is 0 Å². The van der Waals surface area contributed by atoms with Crippen LogP contribution in [0, 0.1) is 12.3 Å². The van der Waals surface area contributed by atoms with Crippen molar-refractivity contribution in [1.29, 1.82) is 0 Å². The average molecular weight is 287 g/mol. The number of carboxylic acid groups (broad SMARTS) is 1. The molecular weight excluding hydrogens is 270 g/mol. The summed E-state index contributed by atoms with van der Waals surface area (Å²) in [5.41, 5.74) is 0.512. The van der Waals surface area contributed by atoms with Gasteiger partial charge in [-0.25, -0.2) is 0 Å². The highest BCUT2D eigenvalue weighted by Gasteiger charge is 2.57. The second-order valence-electron chi connectivity index (χ2n) is 5.67. The number of hydrogen-bond acceptors (Lipinski definition) is 3. The molecule has 1 aromatic carbocycles. The quantitative estimate of drug-likeness (QED) is 0.847. The Kier molecular flexibility index (Phi) is 3.01. The van der Waals surface area contributed by atoms with E-state index in [-0.39, 0.29) is 6.04 Å². The van der Waals surface area contributed by atoms with Crippen molar-refractivity contribution >= 4 is 22.8 Å². The van der Waals surface area contributed by atoms with Gasteiger partial charge >= 0.3 is 5.97 Å². The Morgan fingerprint density at radius 1 is 1.33 bits per heavy atom. The predicted octanol–water partition coefficient (Wildman–Crippen LogP) is 2.78. The standard InChI is InChI=1S/C16H17NO4/c1-9-11-5-3-4-6-12(11)21-13(9)10(2)17-14(18)16(7-8-16)15(19)20/h3-6,10H,7-8H2,1-2H3,(H,17,18)(H,19,20)/t10-/m0/s1. The zero-order chi connectivity index (χ0) is 15.2. The maximum atomic E-state index is 12.1. The second kappa shape index (κ2) is 4.62. The van der Waals surface area contributed by atoms with Gasteiger partial charge in [0.2, 0.25) is 5.91 Å². The van der Waals surface area contributed by atoms with E-state index in [9.17, 15) is 9.59 Å². The van der Waals surface area contributed by atoms with Crippen LogP contribution in [0.5, 0.6) is 0 Å². The Morgan fingerprint density at radius 2 is 2.00 bits per heavy atom. The molecule has 0 radical (unpaired) electrons. The van der Waals surface area contributed by atoms with Crippen molar-refractivity contribution in [1.82, 2.24) is 5.32 Å². The van der Waals surface area contributed by atoms with Gasteiger partial charge in [0, 0.05) is 10.9 Å². The molecule has 0 unspecified atom stereocenters. The van der Waals surface area contributed by atoms with E-state index >= 15 is 0 Å². The molecule has 3 rings (SSSR count). The molecule has 0 aliphatic heterocycles. The van der Waals surface area contributed by atoms with Gasteiger partial charge in [0.1, 0.15) is 16.8 Å². The minimum atomic E-state index is -1.23. The fourth-order valence-corrected chi connectivity index (χ4v) is 2.67. The van der Waals surface area contributed by atoms with Crippen LogP contribution in [0.3, 0.4) is 0 Å². The van der Waals surface area contributed by atoms with Crippen LogP contribution < -0.4 is 5.32 Å². The second-order valence-corrected chi connectivity index (χ2v) is 5.67. The molecule has 1 atom stereocenters. The average Bonchev–Trinajstić information content (AvgIpc) is 3.20. The number of furan rings is 1. The third-order valence-corrected chi connectivity index (χ3v) is 4.22. The van der Waals surface area contributed by atoms with E-state index in [1.165, 1.54) is 0 Å². The Balaban J connectivity index is 1.84. The summed E-state index contributed by atoms with van der Waals surface area (Å²) in [6.45, 7) is 3.74. The van der Waals surface area contributed by atoms with Crippen molar-refractivity contribution in [2.24, 2.45) is 5.41 Å². The molecule has 1 fully saturated rings. The number of rotatable bonds is 4. The monoisotopic (exact) mass is 287 g/mol. The van der Waals surface area contributed by atoms with Crippen LogP contribution in [0.25, 0.3) is 11.0 Å². The van der Waals surface area contributed by atoms with E-state index in [1.54, 1.807) is 6.92 Å². The molecule has 1 aromatic heterocycles. The largest absolute Gasteiger partial charge is 0.480 e. The summed E-state index contributed by atoms with van der Waals surface area (Å²) in [5, 5.41) is 12.9. The first-order valence-corrected chi connectivity index (χ1v) is 6.98. The Bertz CT molecular complexity index is 727. The van der Waals surface area contributed by atoms with Crippen molar-refractivity contribution < 1.29 is 19.1 Å². The Morgan fingerprint density at radius 3 is 2.57 bits per heavy atom. The van der Waals surface area contributed by atoms with Crippen molar-refractivity contribution in [3.8, 4) is 0 Å². The van der Waals surface area contributed by atoms with E-state index in [0.717, 1.165) is 16.5 Å². The van der Waals surface area contributed by atoms with Gasteiger partial charge in [-0.05, 0) is 32.8 Å². The van der Waals surface area contributed by atoms with Gasteiger partial charge in [-0.15, -0.1) is 0 Å². The minimum Gasteiger partial charge on any atom is -0.480 e. The molecule has 5 heteroatoms. The molecule has 1 amide bonds. The molecule has 5 nitrogen and oxygen atoms in total. The number of nitrogens with one attached hydrogen (secondary N) is 1. The fraction of sp³-hybridized carbons (Fsp3) is 0.375. The number of carbonyl (C=O) groups is 2. The van der Waals surface area contributed by atoms with Crippen molar-refractivity contribution in [2.75, 3.05) is 0 Å². The zero-order valence-corrected chi connectivity index (χ0v) is 12.0. The molecule has 110 valence electrons. The van der Waals surface area contributed by atoms with Crippen LogP contribution >= 0.6 is 0 Å². The molecule has 1 heterocycles. The van der Waals surface area contributed by atoms with Crippen molar-refractivity contribution in [2.45, 2.75) is 32.7 Å². The number of carbonyl (C=O) groups excluding carboxylic acids is 1. The van der Waals surface area contributed by atoms with Crippen molar-refractivity contribution in [3.05, 3.63) is 35.6 Å². The Hall–Kier alpha value is -2.30. The van der Waals surface area contributed by atoms with E-state index < -0.39 is 17.3 Å². The summed E-state index contributed by atoms with van der Waals surface area (Å²) in [6, 6.07) is 7.30. The third-order valence-electron chi connectivity index (χ3n) is 4.22. The molecule has 2 aromatic rings. The molecule has 2 N–H and O–H groups in total. The van der Waals surface area contributed by atoms with Crippen LogP contribution in [-0.4, -0.2) is 17.0 Å². The smallest absolute Gasteiger partial charge is 0.319 e. The van der Waals surface area contributed by atoms with E-state index in [4.69, 9.17) is 9.52 Å². The molecule has 1 aliphatic rings. The summed E-state index contributed by atoms with van der Waals surface area (Å²) < 4.78 is 5.79. The highest BCUT2D eigenvalue weighted by Crippen LogP contribution is 2.46. The van der Waals surface area contributed by atoms with Gasteiger partial charge in [-0.2, -0.15) is 0 Å². The lowest BCUT2D eigenvalue weighted by Crippen LogP contribution is -2.38. The Labute approximate surface area is 121 Å². The topological polar surface area (TPSA) is 79.5 Å². The number of para-hydroxylation sites is 1. The molecule has 0 bridgehead atoms. The number of fused-ring (bicyclic) bond motifs is 1. The summed E-state index contributed by atoms with van der Waals surface area (Å²) in [6.07, 6.45) is 0.806. The summed E-state index contributed by atoms with van der Waals surface area (Å²) in [5.74, 6) is -0.804. The maximum Gasteiger partial charge on any atom is 0.319 e. The predicted molar refractivity (Wildman–Crippen MR) is 76.8 cm³/mol. The molecule has 1 aliphatic carbocycles. The number of aryl methyl sites for hydroxylation is 1. The highest BCUT2D eigenvalue weighted by molar-refractivity contribution is 6.05.